The third kappa shape index (κ3) is 7.61. The Kier molecular flexibility index (Phi) is 11.2. The first kappa shape index (κ1) is 34.1. The van der Waals surface area contributed by atoms with E-state index in [2.05, 4.69) is 38.6 Å². The Balaban J connectivity index is 1.22. The maximum atomic E-state index is 14.9. The van der Waals surface area contributed by atoms with Crippen molar-refractivity contribution in [3.05, 3.63) is 108 Å². The number of H-pyrrole nitrogens is 3. The molecule has 0 aliphatic carbocycles. The van der Waals surface area contributed by atoms with Crippen LogP contribution in [-0.4, -0.2) is 39.4 Å². The molecule has 2 amide bonds. The van der Waals surface area contributed by atoms with Gasteiger partial charge in [0.15, 0.2) is 0 Å². The molecule has 0 fully saturated rings. The van der Waals surface area contributed by atoms with Gasteiger partial charge < -0.3 is 25.6 Å². The fourth-order valence-corrected chi connectivity index (χ4v) is 7.34. The van der Waals surface area contributed by atoms with E-state index in [-0.39, 0.29) is 11.8 Å². The van der Waals surface area contributed by atoms with Crippen LogP contribution in [0.1, 0.15) is 94.7 Å². The number of rotatable bonds is 18. The summed E-state index contributed by atoms with van der Waals surface area (Å²) in [5.41, 5.74) is 4.55. The number of carbonyl (C=O) groups excluding carboxylic acids is 2. The third-order valence-electron chi connectivity index (χ3n) is 10.3. The predicted molar refractivity (Wildman–Crippen MR) is 202 cm³/mol. The van der Waals surface area contributed by atoms with E-state index in [4.69, 9.17) is 0 Å². The molecule has 49 heavy (non-hydrogen) atoms. The highest BCUT2D eigenvalue weighted by Gasteiger charge is 2.42. The lowest BCUT2D eigenvalue weighted by atomic mass is 9.75. The van der Waals surface area contributed by atoms with E-state index in [0.29, 0.717) is 13.0 Å². The second kappa shape index (κ2) is 16.1. The molecular weight excluding hydrogens is 606 g/mol. The van der Waals surface area contributed by atoms with Gasteiger partial charge >= 0.3 is 0 Å². The van der Waals surface area contributed by atoms with Crippen molar-refractivity contribution in [1.82, 2.24) is 25.6 Å². The Morgan fingerprint density at radius 2 is 1.10 bits per heavy atom. The van der Waals surface area contributed by atoms with Gasteiger partial charge in [-0.15, -0.1) is 0 Å². The van der Waals surface area contributed by atoms with Crippen molar-refractivity contribution in [2.45, 2.75) is 95.9 Å². The molecule has 3 aromatic carbocycles. The highest BCUT2D eigenvalue weighted by molar-refractivity contribution is 6.03. The minimum absolute atomic E-state index is 0.158. The van der Waals surface area contributed by atoms with Crippen molar-refractivity contribution in [2.75, 3.05) is 6.54 Å². The van der Waals surface area contributed by atoms with Crippen LogP contribution >= 0.6 is 0 Å². The number of fused-ring (bicyclic) bond motifs is 3. The Bertz CT molecular complexity index is 1910. The van der Waals surface area contributed by atoms with E-state index in [9.17, 15) is 9.59 Å². The van der Waals surface area contributed by atoms with Gasteiger partial charge in [0, 0.05) is 64.3 Å². The van der Waals surface area contributed by atoms with E-state index in [1.54, 1.807) is 0 Å². The van der Waals surface area contributed by atoms with Crippen molar-refractivity contribution in [3.63, 3.8) is 0 Å². The van der Waals surface area contributed by atoms with Gasteiger partial charge in [-0.25, -0.2) is 0 Å². The molecule has 0 saturated carbocycles. The van der Waals surface area contributed by atoms with Crippen molar-refractivity contribution < 1.29 is 9.59 Å². The van der Waals surface area contributed by atoms with Gasteiger partial charge in [0.2, 0.25) is 11.8 Å². The predicted octanol–water partition coefficient (Wildman–Crippen LogP) is 9.20. The molecule has 256 valence electrons. The van der Waals surface area contributed by atoms with Crippen LogP contribution in [0.4, 0.5) is 0 Å². The molecule has 0 saturated heterocycles. The second-order valence-electron chi connectivity index (χ2n) is 13.7. The van der Waals surface area contributed by atoms with Crippen LogP contribution in [0.5, 0.6) is 0 Å². The Morgan fingerprint density at radius 1 is 0.633 bits per heavy atom. The monoisotopic (exact) mass is 657 g/mol. The van der Waals surface area contributed by atoms with Crippen LogP contribution in [0.15, 0.2) is 91.4 Å². The average Bonchev–Trinajstić information content (AvgIpc) is 3.87. The van der Waals surface area contributed by atoms with E-state index in [1.807, 2.05) is 92.2 Å². The van der Waals surface area contributed by atoms with E-state index in [1.165, 1.54) is 51.4 Å². The number of unbranched alkanes of at least 4 members (excludes halogenated alkanes) is 9. The van der Waals surface area contributed by atoms with Crippen LogP contribution in [0.25, 0.3) is 32.7 Å². The number of benzene rings is 3. The zero-order valence-electron chi connectivity index (χ0n) is 29.0. The molecule has 0 unspecified atom stereocenters. The molecule has 3 aromatic heterocycles. The minimum atomic E-state index is -1.10. The molecule has 0 aliphatic heterocycles. The molecule has 0 bridgehead atoms. The molecule has 0 aliphatic rings. The topological polar surface area (TPSA) is 106 Å². The van der Waals surface area contributed by atoms with Gasteiger partial charge in [-0.2, -0.15) is 0 Å². The van der Waals surface area contributed by atoms with Crippen molar-refractivity contribution in [3.8, 4) is 0 Å². The summed E-state index contributed by atoms with van der Waals surface area (Å²) in [6.45, 7) is 4.82. The fourth-order valence-electron chi connectivity index (χ4n) is 7.34. The number of hydrogen-bond donors (Lipinski definition) is 5. The summed E-state index contributed by atoms with van der Waals surface area (Å²) < 4.78 is 0. The first-order valence-electron chi connectivity index (χ1n) is 18.3. The number of para-hydroxylation sites is 3. The van der Waals surface area contributed by atoms with Gasteiger partial charge in [0.1, 0.15) is 11.5 Å². The number of aromatic amines is 3. The summed E-state index contributed by atoms with van der Waals surface area (Å²) in [7, 11) is 0. The fraction of sp³-hybridized carbons (Fsp3) is 0.381. The highest BCUT2D eigenvalue weighted by Crippen LogP contribution is 2.40. The maximum absolute atomic E-state index is 14.9. The van der Waals surface area contributed by atoms with Crippen molar-refractivity contribution in [2.24, 2.45) is 0 Å². The summed E-state index contributed by atoms with van der Waals surface area (Å²) in [5.74, 6) is -0.379. The number of aromatic nitrogens is 3. The van der Waals surface area contributed by atoms with Gasteiger partial charge in [-0.1, -0.05) is 119 Å². The van der Waals surface area contributed by atoms with Gasteiger partial charge in [-0.05, 0) is 48.2 Å². The first-order valence-corrected chi connectivity index (χ1v) is 18.3. The average molecular weight is 658 g/mol. The molecular formula is C42H51N5O2. The van der Waals surface area contributed by atoms with Crippen LogP contribution in [0.2, 0.25) is 0 Å². The maximum Gasteiger partial charge on any atom is 0.242 e. The first-order chi connectivity index (χ1) is 24.0. The SMILES string of the molecule is CCCCCCCCCCCCNC(=O)[C@H](Cc1c[nH]c2ccccc12)NC(=O)C(C)(c1c[nH]c2ccccc12)c1c[nH]c2ccccc12. The zero-order chi connectivity index (χ0) is 34.1. The Morgan fingerprint density at radius 3 is 1.67 bits per heavy atom. The van der Waals surface area contributed by atoms with Gasteiger partial charge in [-0.3, -0.25) is 9.59 Å². The summed E-state index contributed by atoms with van der Waals surface area (Å²) in [4.78, 5) is 39.0. The summed E-state index contributed by atoms with van der Waals surface area (Å²) in [6.07, 6.45) is 18.6. The summed E-state index contributed by atoms with van der Waals surface area (Å²) >= 11 is 0. The van der Waals surface area contributed by atoms with Crippen molar-refractivity contribution >= 4 is 44.5 Å². The minimum Gasteiger partial charge on any atom is -0.361 e. The van der Waals surface area contributed by atoms with Crippen LogP contribution < -0.4 is 10.6 Å². The number of nitrogens with one attached hydrogen (secondary N) is 5. The molecule has 5 N–H and O–H groups in total. The third-order valence-corrected chi connectivity index (χ3v) is 10.3. The molecule has 0 radical (unpaired) electrons. The Labute approximate surface area is 289 Å². The van der Waals surface area contributed by atoms with Crippen LogP contribution in [0, 0.1) is 0 Å². The molecule has 0 spiro atoms. The second-order valence-corrected chi connectivity index (χ2v) is 13.7. The van der Waals surface area contributed by atoms with Gasteiger partial charge in [0.25, 0.3) is 0 Å². The summed E-state index contributed by atoms with van der Waals surface area (Å²) in [6, 6.07) is 23.4. The number of carbonyl (C=O) groups is 2. The lowest BCUT2D eigenvalue weighted by Crippen LogP contribution is -2.53. The quantitative estimate of drug-likeness (QED) is 0.0595. The smallest absolute Gasteiger partial charge is 0.242 e. The number of amides is 2. The lowest BCUT2D eigenvalue weighted by Gasteiger charge is -2.31. The molecule has 3 heterocycles. The molecule has 7 nitrogen and oxygen atoms in total. The van der Waals surface area contributed by atoms with Crippen LogP contribution in [0.3, 0.4) is 0 Å². The highest BCUT2D eigenvalue weighted by atomic mass is 16.2. The zero-order valence-corrected chi connectivity index (χ0v) is 29.0. The van der Waals surface area contributed by atoms with E-state index in [0.717, 1.165) is 62.2 Å². The van der Waals surface area contributed by atoms with E-state index >= 15 is 0 Å². The largest absolute Gasteiger partial charge is 0.361 e. The molecule has 6 rings (SSSR count). The normalized spacial score (nSPS) is 12.5. The standard InChI is InChI=1S/C42H51N5O2/c1-3-4-5-6-7-8-9-10-11-18-25-43-40(48)39(26-30-27-44-36-22-15-12-19-31(30)36)47-41(49)42(2,34-28-45-37-23-16-13-20-32(34)37)35-29-46-38-24-17-14-21-33(35)38/h12-17,19-24,27-29,39,44-46H,3-11,18,25-26H2,1-2H3,(H,43,48)(H,47,49)/t39-/m0/s1. The summed E-state index contributed by atoms with van der Waals surface area (Å²) in [5, 5.41) is 9.45. The Hall–Kier alpha value is -4.78. The van der Waals surface area contributed by atoms with Crippen molar-refractivity contribution in [1.29, 1.82) is 0 Å². The lowest BCUT2D eigenvalue weighted by molar-refractivity contribution is -0.131. The van der Waals surface area contributed by atoms with E-state index < -0.39 is 11.5 Å². The van der Waals surface area contributed by atoms with Gasteiger partial charge in [0.05, 0.1) is 0 Å². The van der Waals surface area contributed by atoms with Crippen LogP contribution in [-0.2, 0) is 21.4 Å². The molecule has 7 heteroatoms. The molecule has 1 atom stereocenters. The molecule has 6 aromatic rings. The number of hydrogen-bond acceptors (Lipinski definition) is 2.